The first kappa shape index (κ1) is 12.6. The van der Waals surface area contributed by atoms with Crippen LogP contribution in [0.1, 0.15) is 12.0 Å². The van der Waals surface area contributed by atoms with Crippen molar-refractivity contribution in [2.75, 3.05) is 11.4 Å². The van der Waals surface area contributed by atoms with E-state index in [1.165, 1.54) is 4.90 Å². The highest BCUT2D eigenvalue weighted by Gasteiger charge is 2.36. The van der Waals surface area contributed by atoms with Crippen molar-refractivity contribution in [3.8, 4) is 6.07 Å². The van der Waals surface area contributed by atoms with Crippen LogP contribution in [0.5, 0.6) is 0 Å². The summed E-state index contributed by atoms with van der Waals surface area (Å²) in [7, 11) is 0. The number of nitrogens with zero attached hydrogens (tertiary/aromatic N) is 2. The summed E-state index contributed by atoms with van der Waals surface area (Å²) in [4.78, 5) is 24.1. The number of nitriles is 1. The van der Waals surface area contributed by atoms with Gasteiger partial charge in [0.05, 0.1) is 17.2 Å². The van der Waals surface area contributed by atoms with Crippen LogP contribution in [0.25, 0.3) is 0 Å². The van der Waals surface area contributed by atoms with Gasteiger partial charge in [-0.05, 0) is 28.1 Å². The standard InChI is InChI=1S/C12H9BrN2O3/c13-9-2-1-3-10(8(9)5-14)15-6-7(12(17)18)4-11(15)16/h1-3,7H,4,6H2,(H,17,18). The van der Waals surface area contributed by atoms with Crippen LogP contribution in [0.4, 0.5) is 5.69 Å². The molecule has 1 atom stereocenters. The number of aliphatic carboxylic acids is 1. The number of carbonyl (C=O) groups excluding carboxylic acids is 1. The van der Waals surface area contributed by atoms with Crippen molar-refractivity contribution in [1.82, 2.24) is 0 Å². The Morgan fingerprint density at radius 1 is 1.56 bits per heavy atom. The molecular weight excluding hydrogens is 300 g/mol. The van der Waals surface area contributed by atoms with E-state index in [4.69, 9.17) is 10.4 Å². The molecule has 2 rings (SSSR count). The van der Waals surface area contributed by atoms with Crippen molar-refractivity contribution >= 4 is 33.5 Å². The van der Waals surface area contributed by atoms with Crippen molar-refractivity contribution in [2.24, 2.45) is 5.92 Å². The molecule has 18 heavy (non-hydrogen) atoms. The Hall–Kier alpha value is -1.87. The van der Waals surface area contributed by atoms with E-state index in [1.807, 2.05) is 6.07 Å². The van der Waals surface area contributed by atoms with Gasteiger partial charge < -0.3 is 10.0 Å². The van der Waals surface area contributed by atoms with Gasteiger partial charge in [-0.2, -0.15) is 5.26 Å². The molecule has 1 amide bonds. The largest absolute Gasteiger partial charge is 0.481 e. The molecule has 5 nitrogen and oxygen atoms in total. The summed E-state index contributed by atoms with van der Waals surface area (Å²) in [6.07, 6.45) is -0.0211. The van der Waals surface area contributed by atoms with E-state index in [0.717, 1.165) is 0 Å². The smallest absolute Gasteiger partial charge is 0.308 e. The molecule has 0 aliphatic carbocycles. The average molecular weight is 309 g/mol. The van der Waals surface area contributed by atoms with Gasteiger partial charge in [-0.25, -0.2) is 0 Å². The molecule has 1 aromatic rings. The van der Waals surface area contributed by atoms with Crippen LogP contribution < -0.4 is 4.90 Å². The second-order valence-electron chi connectivity index (χ2n) is 3.99. The number of anilines is 1. The Balaban J connectivity index is 2.39. The first-order valence-corrected chi connectivity index (χ1v) is 6.05. The van der Waals surface area contributed by atoms with E-state index in [2.05, 4.69) is 15.9 Å². The predicted molar refractivity (Wildman–Crippen MR) is 67.0 cm³/mol. The van der Waals surface area contributed by atoms with Crippen molar-refractivity contribution in [3.63, 3.8) is 0 Å². The van der Waals surface area contributed by atoms with Gasteiger partial charge in [-0.3, -0.25) is 9.59 Å². The molecule has 1 aliphatic rings. The Kier molecular flexibility index (Phi) is 3.34. The third kappa shape index (κ3) is 2.09. The van der Waals surface area contributed by atoms with Crippen molar-refractivity contribution in [1.29, 1.82) is 5.26 Å². The lowest BCUT2D eigenvalue weighted by Gasteiger charge is -2.18. The van der Waals surface area contributed by atoms with E-state index >= 15 is 0 Å². The number of hydrogen-bond donors (Lipinski definition) is 1. The maximum Gasteiger partial charge on any atom is 0.308 e. The lowest BCUT2D eigenvalue weighted by Crippen LogP contribution is -2.26. The molecule has 1 unspecified atom stereocenters. The van der Waals surface area contributed by atoms with Crippen molar-refractivity contribution < 1.29 is 14.7 Å². The summed E-state index contributed by atoms with van der Waals surface area (Å²) in [6, 6.07) is 7.08. The summed E-state index contributed by atoms with van der Waals surface area (Å²) in [6.45, 7) is 0.110. The van der Waals surface area contributed by atoms with Gasteiger partial charge in [0.2, 0.25) is 5.91 Å². The normalized spacial score (nSPS) is 18.8. The SMILES string of the molecule is N#Cc1c(Br)cccc1N1CC(C(=O)O)CC1=O. The highest BCUT2D eigenvalue weighted by Crippen LogP contribution is 2.31. The third-order valence-corrected chi connectivity index (χ3v) is 3.53. The fourth-order valence-electron chi connectivity index (χ4n) is 1.95. The van der Waals surface area contributed by atoms with Crippen LogP contribution >= 0.6 is 15.9 Å². The molecule has 0 spiro atoms. The van der Waals surface area contributed by atoms with Crippen LogP contribution in [-0.4, -0.2) is 23.5 Å². The highest BCUT2D eigenvalue weighted by atomic mass is 79.9. The monoisotopic (exact) mass is 308 g/mol. The minimum Gasteiger partial charge on any atom is -0.481 e. The summed E-state index contributed by atoms with van der Waals surface area (Å²) >= 11 is 3.24. The third-order valence-electron chi connectivity index (χ3n) is 2.87. The first-order valence-electron chi connectivity index (χ1n) is 5.26. The predicted octanol–water partition coefficient (Wildman–Crippen LogP) is 1.76. The molecule has 1 aromatic carbocycles. The maximum atomic E-state index is 11.8. The number of carbonyl (C=O) groups is 2. The van der Waals surface area contributed by atoms with Gasteiger partial charge in [-0.1, -0.05) is 6.07 Å². The minimum atomic E-state index is -0.987. The number of benzene rings is 1. The van der Waals surface area contributed by atoms with Gasteiger partial charge >= 0.3 is 5.97 Å². The lowest BCUT2D eigenvalue weighted by molar-refractivity contribution is -0.141. The molecule has 0 aromatic heterocycles. The molecule has 1 saturated heterocycles. The molecule has 0 saturated carbocycles. The lowest BCUT2D eigenvalue weighted by atomic mass is 10.1. The molecule has 0 bridgehead atoms. The van der Waals surface area contributed by atoms with E-state index < -0.39 is 11.9 Å². The zero-order valence-corrected chi connectivity index (χ0v) is 10.8. The van der Waals surface area contributed by atoms with Crippen LogP contribution in [0, 0.1) is 17.2 Å². The number of hydrogen-bond acceptors (Lipinski definition) is 3. The quantitative estimate of drug-likeness (QED) is 0.902. The molecule has 92 valence electrons. The maximum absolute atomic E-state index is 11.8. The number of amides is 1. The summed E-state index contributed by atoms with van der Waals surface area (Å²) in [5.74, 6) is -1.96. The number of carboxylic acid groups (broad SMARTS) is 1. The van der Waals surface area contributed by atoms with Gasteiger partial charge in [0, 0.05) is 17.4 Å². The zero-order chi connectivity index (χ0) is 13.3. The van der Waals surface area contributed by atoms with Crippen LogP contribution in [-0.2, 0) is 9.59 Å². The Morgan fingerprint density at radius 2 is 2.28 bits per heavy atom. The van der Waals surface area contributed by atoms with E-state index in [1.54, 1.807) is 18.2 Å². The molecule has 1 fully saturated rings. The number of halogens is 1. The second kappa shape index (κ2) is 4.78. The van der Waals surface area contributed by atoms with Gasteiger partial charge in [0.1, 0.15) is 6.07 Å². The molecular formula is C12H9BrN2O3. The Bertz CT molecular complexity index is 565. The summed E-state index contributed by atoms with van der Waals surface area (Å²) in [5, 5.41) is 18.0. The minimum absolute atomic E-state index is 0.0211. The fourth-order valence-corrected chi connectivity index (χ4v) is 2.40. The molecule has 1 heterocycles. The molecule has 1 aliphatic heterocycles. The van der Waals surface area contributed by atoms with E-state index in [0.29, 0.717) is 15.7 Å². The fraction of sp³-hybridized carbons (Fsp3) is 0.250. The molecule has 0 radical (unpaired) electrons. The Labute approximate surface area is 112 Å². The van der Waals surface area contributed by atoms with Gasteiger partial charge in [0.25, 0.3) is 0 Å². The van der Waals surface area contributed by atoms with Crippen LogP contribution in [0.2, 0.25) is 0 Å². The van der Waals surface area contributed by atoms with Crippen LogP contribution in [0.15, 0.2) is 22.7 Å². The first-order chi connectivity index (χ1) is 8.54. The zero-order valence-electron chi connectivity index (χ0n) is 9.26. The van der Waals surface area contributed by atoms with Crippen LogP contribution in [0.3, 0.4) is 0 Å². The number of carboxylic acids is 1. The van der Waals surface area contributed by atoms with Gasteiger partial charge in [-0.15, -0.1) is 0 Å². The Morgan fingerprint density at radius 3 is 2.83 bits per heavy atom. The molecule has 6 heteroatoms. The average Bonchev–Trinajstić information content (AvgIpc) is 2.71. The summed E-state index contributed by atoms with van der Waals surface area (Å²) in [5.41, 5.74) is 0.803. The summed E-state index contributed by atoms with van der Waals surface area (Å²) < 4.78 is 0.592. The van der Waals surface area contributed by atoms with Gasteiger partial charge in [0.15, 0.2) is 0 Å². The van der Waals surface area contributed by atoms with Crippen molar-refractivity contribution in [3.05, 3.63) is 28.2 Å². The second-order valence-corrected chi connectivity index (χ2v) is 4.84. The number of rotatable bonds is 2. The van der Waals surface area contributed by atoms with E-state index in [9.17, 15) is 9.59 Å². The highest BCUT2D eigenvalue weighted by molar-refractivity contribution is 9.10. The van der Waals surface area contributed by atoms with E-state index in [-0.39, 0.29) is 18.9 Å². The topological polar surface area (TPSA) is 81.4 Å². The molecule has 1 N–H and O–H groups in total. The van der Waals surface area contributed by atoms with Crippen molar-refractivity contribution in [2.45, 2.75) is 6.42 Å².